The van der Waals surface area contributed by atoms with Gasteiger partial charge in [0.05, 0.1) is 0 Å². The van der Waals surface area contributed by atoms with E-state index in [1.165, 1.54) is 10.1 Å². The van der Waals surface area contributed by atoms with Gasteiger partial charge in [0.1, 0.15) is 0 Å². The molecular weight excluding hydrogens is 200 g/mol. The van der Waals surface area contributed by atoms with E-state index in [1.807, 2.05) is 0 Å². The lowest BCUT2D eigenvalue weighted by Crippen LogP contribution is -2.03. The number of fused-ring (bicyclic) bond motifs is 1. The second kappa shape index (κ2) is 2.82. The summed E-state index contributed by atoms with van der Waals surface area (Å²) in [7, 11) is 0. The van der Waals surface area contributed by atoms with Gasteiger partial charge >= 0.3 is 0 Å². The third-order valence-electron chi connectivity index (χ3n) is 2.04. The molecule has 1 unspecified atom stereocenters. The monoisotopic (exact) mass is 208 g/mol. The Morgan fingerprint density at radius 1 is 1.36 bits per heavy atom. The lowest BCUT2D eigenvalue weighted by Gasteiger charge is -2.18. The zero-order valence-electron chi connectivity index (χ0n) is 6.13. The standard InChI is InChI=1S/C10H9Br/c11-10-6-5-8-3-1-2-4-9(8)7-10/h1-3,5-7,9H,4H2. The third kappa shape index (κ3) is 1.38. The molecule has 1 atom stereocenters. The highest BCUT2D eigenvalue weighted by atomic mass is 79.9. The Morgan fingerprint density at radius 3 is 3.18 bits per heavy atom. The fraction of sp³-hybridized carbons (Fsp3) is 0.200. The van der Waals surface area contributed by atoms with Crippen LogP contribution in [0, 0.1) is 5.92 Å². The van der Waals surface area contributed by atoms with E-state index in [0.29, 0.717) is 5.92 Å². The van der Waals surface area contributed by atoms with Crippen LogP contribution in [0.1, 0.15) is 6.42 Å². The van der Waals surface area contributed by atoms with Gasteiger partial charge in [0.25, 0.3) is 0 Å². The highest BCUT2D eigenvalue weighted by Gasteiger charge is 2.13. The molecule has 0 N–H and O–H groups in total. The van der Waals surface area contributed by atoms with Gasteiger partial charge in [-0.3, -0.25) is 0 Å². The quantitative estimate of drug-likeness (QED) is 0.573. The van der Waals surface area contributed by atoms with Crippen LogP contribution >= 0.6 is 15.9 Å². The number of hydrogen-bond donors (Lipinski definition) is 0. The Kier molecular flexibility index (Phi) is 1.82. The second-order valence-electron chi connectivity index (χ2n) is 2.82. The molecule has 11 heavy (non-hydrogen) atoms. The van der Waals surface area contributed by atoms with Gasteiger partial charge in [-0.25, -0.2) is 0 Å². The molecule has 0 aliphatic heterocycles. The second-order valence-corrected chi connectivity index (χ2v) is 3.74. The van der Waals surface area contributed by atoms with Crippen molar-refractivity contribution in [3.8, 4) is 0 Å². The SMILES string of the molecule is BrC1=CC2CC=CC=C2C=C1. The molecule has 0 radical (unpaired) electrons. The van der Waals surface area contributed by atoms with Gasteiger partial charge in [-0.1, -0.05) is 46.3 Å². The average Bonchev–Trinajstić information content (AvgIpc) is 2.04. The van der Waals surface area contributed by atoms with E-state index >= 15 is 0 Å². The van der Waals surface area contributed by atoms with Crippen molar-refractivity contribution in [2.24, 2.45) is 5.92 Å². The molecule has 56 valence electrons. The lowest BCUT2D eigenvalue weighted by molar-refractivity contribution is 0.779. The first-order valence-electron chi connectivity index (χ1n) is 3.78. The van der Waals surface area contributed by atoms with Crippen molar-refractivity contribution in [2.75, 3.05) is 0 Å². The third-order valence-corrected chi connectivity index (χ3v) is 2.57. The Bertz CT molecular complexity index is 279. The first-order valence-corrected chi connectivity index (χ1v) is 4.58. The van der Waals surface area contributed by atoms with Gasteiger partial charge in [-0.2, -0.15) is 0 Å². The lowest BCUT2D eigenvalue weighted by atomic mass is 9.88. The van der Waals surface area contributed by atoms with Crippen LogP contribution in [-0.2, 0) is 0 Å². The molecule has 1 heteroatoms. The highest BCUT2D eigenvalue weighted by molar-refractivity contribution is 9.11. The molecule has 0 spiro atoms. The Morgan fingerprint density at radius 2 is 2.27 bits per heavy atom. The molecular formula is C10H9Br. The summed E-state index contributed by atoms with van der Waals surface area (Å²) in [6.45, 7) is 0. The summed E-state index contributed by atoms with van der Waals surface area (Å²) >= 11 is 3.47. The minimum atomic E-state index is 0.611. The van der Waals surface area contributed by atoms with E-state index < -0.39 is 0 Å². The van der Waals surface area contributed by atoms with Gasteiger partial charge in [0.2, 0.25) is 0 Å². The van der Waals surface area contributed by atoms with E-state index in [9.17, 15) is 0 Å². The Balaban J connectivity index is 2.33. The minimum Gasteiger partial charge on any atom is -0.0836 e. The molecule has 0 amide bonds. The topological polar surface area (TPSA) is 0 Å². The molecule has 0 fully saturated rings. The van der Waals surface area contributed by atoms with Gasteiger partial charge in [-0.05, 0) is 18.1 Å². The molecule has 0 saturated carbocycles. The maximum absolute atomic E-state index is 3.47. The summed E-state index contributed by atoms with van der Waals surface area (Å²) in [5, 5.41) is 0. The van der Waals surface area contributed by atoms with Crippen molar-refractivity contribution in [1.82, 2.24) is 0 Å². The van der Waals surface area contributed by atoms with Crippen molar-refractivity contribution >= 4 is 15.9 Å². The highest BCUT2D eigenvalue weighted by Crippen LogP contribution is 2.29. The van der Waals surface area contributed by atoms with Crippen molar-refractivity contribution in [3.05, 3.63) is 46.5 Å². The molecule has 2 aliphatic carbocycles. The maximum atomic E-state index is 3.47. The minimum absolute atomic E-state index is 0.611. The van der Waals surface area contributed by atoms with Crippen LogP contribution in [0.3, 0.4) is 0 Å². The van der Waals surface area contributed by atoms with Gasteiger partial charge in [-0.15, -0.1) is 0 Å². The molecule has 0 nitrogen and oxygen atoms in total. The predicted molar refractivity (Wildman–Crippen MR) is 51.5 cm³/mol. The number of hydrogen-bond acceptors (Lipinski definition) is 0. The van der Waals surface area contributed by atoms with E-state index in [0.717, 1.165) is 6.42 Å². The molecule has 2 rings (SSSR count). The molecule has 2 aliphatic rings. The van der Waals surface area contributed by atoms with Gasteiger partial charge in [0.15, 0.2) is 0 Å². The van der Waals surface area contributed by atoms with Crippen LogP contribution < -0.4 is 0 Å². The maximum Gasteiger partial charge on any atom is 0.0141 e. The zero-order chi connectivity index (χ0) is 7.68. The van der Waals surface area contributed by atoms with E-state index in [1.54, 1.807) is 0 Å². The van der Waals surface area contributed by atoms with E-state index in [2.05, 4.69) is 52.4 Å². The number of rotatable bonds is 0. The Hall–Kier alpha value is -0.560. The first kappa shape index (κ1) is 7.11. The first-order chi connectivity index (χ1) is 5.36. The normalized spacial score (nSPS) is 27.5. The molecule has 0 aromatic carbocycles. The average molecular weight is 209 g/mol. The van der Waals surface area contributed by atoms with Crippen LogP contribution in [0.25, 0.3) is 0 Å². The smallest absolute Gasteiger partial charge is 0.0141 e. The fourth-order valence-electron chi connectivity index (χ4n) is 1.43. The predicted octanol–water partition coefficient (Wildman–Crippen LogP) is 3.34. The largest absolute Gasteiger partial charge is 0.0836 e. The fourth-order valence-corrected chi connectivity index (χ4v) is 1.88. The van der Waals surface area contributed by atoms with Gasteiger partial charge < -0.3 is 0 Å². The molecule has 0 bridgehead atoms. The molecule has 0 aromatic rings. The summed E-state index contributed by atoms with van der Waals surface area (Å²) in [4.78, 5) is 0. The van der Waals surface area contributed by atoms with Crippen molar-refractivity contribution < 1.29 is 0 Å². The summed E-state index contributed by atoms with van der Waals surface area (Å²) in [5.74, 6) is 0.611. The van der Waals surface area contributed by atoms with Crippen LogP contribution in [0.5, 0.6) is 0 Å². The summed E-state index contributed by atoms with van der Waals surface area (Å²) in [6, 6.07) is 0. The van der Waals surface area contributed by atoms with Crippen LogP contribution in [0.2, 0.25) is 0 Å². The summed E-state index contributed by atoms with van der Waals surface area (Å²) < 4.78 is 1.20. The van der Waals surface area contributed by atoms with Crippen LogP contribution in [0.4, 0.5) is 0 Å². The van der Waals surface area contributed by atoms with Crippen molar-refractivity contribution in [3.63, 3.8) is 0 Å². The summed E-state index contributed by atoms with van der Waals surface area (Å²) in [5.41, 5.74) is 1.43. The number of allylic oxidation sites excluding steroid dienone is 8. The van der Waals surface area contributed by atoms with Crippen LogP contribution in [-0.4, -0.2) is 0 Å². The van der Waals surface area contributed by atoms with E-state index in [4.69, 9.17) is 0 Å². The molecule has 0 aromatic heterocycles. The van der Waals surface area contributed by atoms with E-state index in [-0.39, 0.29) is 0 Å². The Labute approximate surface area is 75.1 Å². The van der Waals surface area contributed by atoms with Crippen molar-refractivity contribution in [1.29, 1.82) is 0 Å². The van der Waals surface area contributed by atoms with Crippen LogP contribution in [0.15, 0.2) is 46.5 Å². The summed E-state index contributed by atoms with van der Waals surface area (Å²) in [6.07, 6.45) is 14.2. The van der Waals surface area contributed by atoms with Crippen molar-refractivity contribution in [2.45, 2.75) is 6.42 Å². The zero-order valence-corrected chi connectivity index (χ0v) is 7.71. The number of halogens is 1. The molecule has 0 heterocycles. The molecule has 0 saturated heterocycles. The van der Waals surface area contributed by atoms with Gasteiger partial charge in [0, 0.05) is 10.4 Å².